The average molecular weight is 236 g/mol. The van der Waals surface area contributed by atoms with E-state index in [0.717, 1.165) is 29.7 Å². The van der Waals surface area contributed by atoms with Crippen LogP contribution in [0.4, 0.5) is 0 Å². The maximum absolute atomic E-state index is 3.27. The molecule has 0 aliphatic heterocycles. The van der Waals surface area contributed by atoms with Gasteiger partial charge in [-0.15, -0.1) is 0 Å². The standard InChI is InChI=1S/C15H28N2/c1-16-3-4-17(2)11-15-8-12-5-13(9-15)7-14(6-12)10-15/h12-14,16H,3-11H2,1-2H3. The van der Waals surface area contributed by atoms with Gasteiger partial charge in [-0.1, -0.05) is 0 Å². The zero-order chi connectivity index (χ0) is 11.9. The molecule has 0 radical (unpaired) electrons. The molecule has 0 aromatic rings. The number of nitrogens with zero attached hydrogens (tertiary/aromatic N) is 1. The molecule has 4 aliphatic carbocycles. The maximum Gasteiger partial charge on any atom is 0.0104 e. The van der Waals surface area contributed by atoms with Gasteiger partial charge in [-0.2, -0.15) is 0 Å². The number of likely N-dealkylation sites (N-methyl/N-ethyl adjacent to an activating group) is 2. The van der Waals surface area contributed by atoms with Gasteiger partial charge in [-0.25, -0.2) is 0 Å². The molecule has 98 valence electrons. The summed E-state index contributed by atoms with van der Waals surface area (Å²) in [5, 5.41) is 3.27. The van der Waals surface area contributed by atoms with Gasteiger partial charge in [-0.05, 0) is 75.8 Å². The first kappa shape index (κ1) is 12.0. The topological polar surface area (TPSA) is 15.3 Å². The molecule has 0 spiro atoms. The van der Waals surface area contributed by atoms with Crippen LogP contribution < -0.4 is 5.32 Å². The molecular weight excluding hydrogens is 208 g/mol. The summed E-state index contributed by atoms with van der Waals surface area (Å²) >= 11 is 0. The van der Waals surface area contributed by atoms with Crippen molar-refractivity contribution in [3.63, 3.8) is 0 Å². The second-order valence-corrected chi connectivity index (χ2v) is 7.26. The van der Waals surface area contributed by atoms with Gasteiger partial charge in [0.15, 0.2) is 0 Å². The molecule has 4 fully saturated rings. The lowest BCUT2D eigenvalue weighted by Gasteiger charge is -2.57. The predicted molar refractivity (Wildman–Crippen MR) is 72.0 cm³/mol. The molecule has 2 nitrogen and oxygen atoms in total. The molecule has 17 heavy (non-hydrogen) atoms. The Labute approximate surface area is 106 Å². The zero-order valence-corrected chi connectivity index (χ0v) is 11.5. The Morgan fingerprint density at radius 2 is 1.59 bits per heavy atom. The van der Waals surface area contributed by atoms with Gasteiger partial charge in [0.2, 0.25) is 0 Å². The first-order valence-electron chi connectivity index (χ1n) is 7.52. The Morgan fingerprint density at radius 1 is 1.06 bits per heavy atom. The molecule has 0 saturated heterocycles. The molecule has 2 heteroatoms. The van der Waals surface area contributed by atoms with Crippen LogP contribution in [0, 0.1) is 23.2 Å². The van der Waals surface area contributed by atoms with Crippen LogP contribution in [0.25, 0.3) is 0 Å². The van der Waals surface area contributed by atoms with E-state index in [1.165, 1.54) is 13.1 Å². The Hall–Kier alpha value is -0.0800. The highest BCUT2D eigenvalue weighted by atomic mass is 15.1. The lowest BCUT2D eigenvalue weighted by Crippen LogP contribution is -2.51. The monoisotopic (exact) mass is 236 g/mol. The molecule has 4 aliphatic rings. The van der Waals surface area contributed by atoms with E-state index in [2.05, 4.69) is 24.3 Å². The normalized spacial score (nSPS) is 43.6. The fraction of sp³-hybridized carbons (Fsp3) is 1.00. The van der Waals surface area contributed by atoms with Crippen molar-refractivity contribution >= 4 is 0 Å². The Bertz CT molecular complexity index is 239. The summed E-state index contributed by atoms with van der Waals surface area (Å²) in [6.07, 6.45) is 9.34. The molecule has 0 aromatic carbocycles. The van der Waals surface area contributed by atoms with Crippen molar-refractivity contribution in [1.29, 1.82) is 0 Å². The molecule has 0 unspecified atom stereocenters. The SMILES string of the molecule is CNCCN(C)CC12CC3CC(CC(C3)C1)C2. The lowest BCUT2D eigenvalue weighted by atomic mass is 9.49. The highest BCUT2D eigenvalue weighted by molar-refractivity contribution is 5.02. The number of nitrogens with one attached hydrogen (secondary N) is 1. The van der Waals surface area contributed by atoms with Gasteiger partial charge in [0.1, 0.15) is 0 Å². The predicted octanol–water partition coefficient (Wildman–Crippen LogP) is 2.35. The molecule has 0 heterocycles. The van der Waals surface area contributed by atoms with E-state index in [9.17, 15) is 0 Å². The molecule has 0 atom stereocenters. The maximum atomic E-state index is 3.27. The highest BCUT2D eigenvalue weighted by Gasteiger charge is 2.50. The van der Waals surface area contributed by atoms with Crippen LogP contribution in [0.1, 0.15) is 38.5 Å². The first-order chi connectivity index (χ1) is 8.19. The van der Waals surface area contributed by atoms with E-state index >= 15 is 0 Å². The Balaban J connectivity index is 1.62. The van der Waals surface area contributed by atoms with E-state index in [0.29, 0.717) is 0 Å². The van der Waals surface area contributed by atoms with Crippen molar-refractivity contribution in [3.8, 4) is 0 Å². The van der Waals surface area contributed by atoms with E-state index < -0.39 is 0 Å². The Kier molecular flexibility index (Phi) is 3.20. The third kappa shape index (κ3) is 2.39. The van der Waals surface area contributed by atoms with Gasteiger partial charge in [0.05, 0.1) is 0 Å². The fourth-order valence-corrected chi connectivity index (χ4v) is 5.44. The molecule has 4 saturated carbocycles. The molecular formula is C15H28N2. The van der Waals surface area contributed by atoms with E-state index in [1.54, 1.807) is 38.5 Å². The summed E-state index contributed by atoms with van der Waals surface area (Å²) in [5.41, 5.74) is 0.719. The molecule has 4 rings (SSSR count). The average Bonchev–Trinajstić information content (AvgIpc) is 2.23. The van der Waals surface area contributed by atoms with Crippen LogP contribution in [0.2, 0.25) is 0 Å². The summed E-state index contributed by atoms with van der Waals surface area (Å²) in [5.74, 6) is 3.29. The molecule has 0 amide bonds. The minimum Gasteiger partial charge on any atom is -0.318 e. The van der Waals surface area contributed by atoms with Crippen LogP contribution >= 0.6 is 0 Å². The van der Waals surface area contributed by atoms with Crippen molar-refractivity contribution in [1.82, 2.24) is 10.2 Å². The number of rotatable bonds is 5. The van der Waals surface area contributed by atoms with Crippen molar-refractivity contribution in [2.45, 2.75) is 38.5 Å². The zero-order valence-electron chi connectivity index (χ0n) is 11.5. The van der Waals surface area contributed by atoms with Gasteiger partial charge in [-0.3, -0.25) is 0 Å². The van der Waals surface area contributed by atoms with Gasteiger partial charge >= 0.3 is 0 Å². The van der Waals surface area contributed by atoms with Crippen molar-refractivity contribution in [2.75, 3.05) is 33.7 Å². The lowest BCUT2D eigenvalue weighted by molar-refractivity contribution is -0.0659. The highest BCUT2D eigenvalue weighted by Crippen LogP contribution is 2.60. The molecule has 0 aromatic heterocycles. The van der Waals surface area contributed by atoms with Crippen molar-refractivity contribution in [3.05, 3.63) is 0 Å². The van der Waals surface area contributed by atoms with E-state index in [1.807, 2.05) is 0 Å². The van der Waals surface area contributed by atoms with Crippen LogP contribution in [-0.2, 0) is 0 Å². The van der Waals surface area contributed by atoms with Gasteiger partial charge in [0, 0.05) is 19.6 Å². The third-order valence-electron chi connectivity index (χ3n) is 5.51. The van der Waals surface area contributed by atoms with Crippen LogP contribution in [0.5, 0.6) is 0 Å². The van der Waals surface area contributed by atoms with Crippen molar-refractivity contribution < 1.29 is 0 Å². The second kappa shape index (κ2) is 4.55. The number of hydrogen-bond donors (Lipinski definition) is 1. The van der Waals surface area contributed by atoms with E-state index in [4.69, 9.17) is 0 Å². The summed E-state index contributed by atoms with van der Waals surface area (Å²) in [7, 11) is 4.37. The van der Waals surface area contributed by atoms with Gasteiger partial charge < -0.3 is 10.2 Å². The molecule has 4 bridgehead atoms. The van der Waals surface area contributed by atoms with Crippen LogP contribution in [-0.4, -0.2) is 38.6 Å². The summed E-state index contributed by atoms with van der Waals surface area (Å²) < 4.78 is 0. The number of hydrogen-bond acceptors (Lipinski definition) is 2. The van der Waals surface area contributed by atoms with E-state index in [-0.39, 0.29) is 0 Å². The Morgan fingerprint density at radius 3 is 2.06 bits per heavy atom. The largest absolute Gasteiger partial charge is 0.318 e. The summed E-state index contributed by atoms with van der Waals surface area (Å²) in [6.45, 7) is 3.69. The quantitative estimate of drug-likeness (QED) is 0.788. The summed E-state index contributed by atoms with van der Waals surface area (Å²) in [4.78, 5) is 2.57. The van der Waals surface area contributed by atoms with Crippen LogP contribution in [0.15, 0.2) is 0 Å². The van der Waals surface area contributed by atoms with Crippen molar-refractivity contribution in [2.24, 2.45) is 23.2 Å². The molecule has 1 N–H and O–H groups in total. The fourth-order valence-electron chi connectivity index (χ4n) is 5.44. The minimum atomic E-state index is 0.719. The summed E-state index contributed by atoms with van der Waals surface area (Å²) in [6, 6.07) is 0. The third-order valence-corrected chi connectivity index (χ3v) is 5.51. The minimum absolute atomic E-state index is 0.719. The smallest absolute Gasteiger partial charge is 0.0104 e. The van der Waals surface area contributed by atoms with Gasteiger partial charge in [0.25, 0.3) is 0 Å². The first-order valence-corrected chi connectivity index (χ1v) is 7.52. The van der Waals surface area contributed by atoms with Crippen LogP contribution in [0.3, 0.4) is 0 Å². The second-order valence-electron chi connectivity index (χ2n) is 7.26.